The fraction of sp³-hybridized carbons (Fsp3) is 0.0455. The zero-order chi connectivity index (χ0) is 20.7. The van der Waals surface area contributed by atoms with Crippen LogP contribution in [0.1, 0.15) is 15.9 Å². The quantitative estimate of drug-likeness (QED) is 0.205. The number of carbonyl (C=O) groups excluding carboxylic acids is 1. The van der Waals surface area contributed by atoms with Crippen molar-refractivity contribution in [2.24, 2.45) is 0 Å². The van der Waals surface area contributed by atoms with Gasteiger partial charge in [0.25, 0.3) is 5.69 Å². The van der Waals surface area contributed by atoms with Crippen molar-refractivity contribution < 1.29 is 19.2 Å². The lowest BCUT2D eigenvalue weighted by Crippen LogP contribution is -2.02. The van der Waals surface area contributed by atoms with Crippen LogP contribution in [0.5, 0.6) is 11.5 Å². The summed E-state index contributed by atoms with van der Waals surface area (Å²) in [4.78, 5) is 25.7. The molecule has 0 atom stereocenters. The van der Waals surface area contributed by atoms with E-state index in [9.17, 15) is 14.9 Å². The number of nitrogens with one attached hydrogen (secondary N) is 1. The van der Waals surface area contributed by atoms with Crippen LogP contribution in [0.4, 0.5) is 17.1 Å². The van der Waals surface area contributed by atoms with Gasteiger partial charge in [-0.2, -0.15) is 0 Å². The monoisotopic (exact) mass is 418 g/mol. The number of ketones is 1. The molecule has 0 bridgehead atoms. The normalized spacial score (nSPS) is 13.5. The summed E-state index contributed by atoms with van der Waals surface area (Å²) in [7, 11) is 0. The summed E-state index contributed by atoms with van der Waals surface area (Å²) in [6, 6.07) is 16.2. The molecule has 0 spiro atoms. The minimum atomic E-state index is -0.510. The lowest BCUT2D eigenvalue weighted by atomic mass is 10.1. The smallest absolute Gasteiger partial charge is 0.280 e. The molecule has 0 amide bonds. The number of anilines is 2. The molecule has 2 aliphatic heterocycles. The molecule has 148 valence electrons. The third kappa shape index (κ3) is 3.27. The molecule has 0 radical (unpaired) electrons. The maximum atomic E-state index is 12.7. The van der Waals surface area contributed by atoms with Gasteiger partial charge in [0, 0.05) is 15.4 Å². The SMILES string of the molecule is O=C(/C=C/c1cc2c(cc1[N+](=O)[O-])OCO2)c1ccc2c(c1)Nc1ccccc1S2. The number of hydrogen-bond donors (Lipinski definition) is 1. The van der Waals surface area contributed by atoms with Gasteiger partial charge < -0.3 is 14.8 Å². The van der Waals surface area contributed by atoms with Gasteiger partial charge in [-0.1, -0.05) is 23.9 Å². The lowest BCUT2D eigenvalue weighted by molar-refractivity contribution is -0.385. The molecule has 2 heterocycles. The third-order valence-electron chi connectivity index (χ3n) is 4.77. The van der Waals surface area contributed by atoms with Gasteiger partial charge in [-0.3, -0.25) is 14.9 Å². The summed E-state index contributed by atoms with van der Waals surface area (Å²) in [6.07, 6.45) is 2.76. The molecule has 30 heavy (non-hydrogen) atoms. The summed E-state index contributed by atoms with van der Waals surface area (Å²) in [5, 5.41) is 14.7. The maximum Gasteiger partial charge on any atom is 0.280 e. The Kier molecular flexibility index (Phi) is 4.40. The number of ether oxygens (including phenoxy) is 2. The van der Waals surface area contributed by atoms with E-state index < -0.39 is 4.92 Å². The van der Waals surface area contributed by atoms with Crippen LogP contribution < -0.4 is 14.8 Å². The summed E-state index contributed by atoms with van der Waals surface area (Å²) in [6.45, 7) is 0.0157. The molecule has 0 saturated heterocycles. The summed E-state index contributed by atoms with van der Waals surface area (Å²) in [5.41, 5.74) is 2.46. The van der Waals surface area contributed by atoms with Crippen molar-refractivity contribution in [1.82, 2.24) is 0 Å². The van der Waals surface area contributed by atoms with Gasteiger partial charge in [0.1, 0.15) is 0 Å². The highest BCUT2D eigenvalue weighted by atomic mass is 32.2. The highest BCUT2D eigenvalue weighted by Crippen LogP contribution is 2.44. The Balaban J connectivity index is 1.42. The van der Waals surface area contributed by atoms with Crippen LogP contribution in [0.25, 0.3) is 6.08 Å². The first-order valence-electron chi connectivity index (χ1n) is 9.07. The van der Waals surface area contributed by atoms with E-state index in [1.165, 1.54) is 24.3 Å². The first kappa shape index (κ1) is 18.3. The van der Waals surface area contributed by atoms with E-state index in [0.29, 0.717) is 17.1 Å². The summed E-state index contributed by atoms with van der Waals surface area (Å²) >= 11 is 1.64. The average Bonchev–Trinajstić information content (AvgIpc) is 3.22. The number of nitrogens with zero attached hydrogens (tertiary/aromatic N) is 1. The number of nitro benzene ring substituents is 1. The molecule has 3 aromatic rings. The van der Waals surface area contributed by atoms with Crippen molar-refractivity contribution in [2.75, 3.05) is 12.1 Å². The van der Waals surface area contributed by atoms with Crippen LogP contribution in [0.15, 0.2) is 70.5 Å². The molecule has 0 aromatic heterocycles. The van der Waals surface area contributed by atoms with E-state index in [1.54, 1.807) is 23.9 Å². The molecule has 8 heteroatoms. The van der Waals surface area contributed by atoms with Crippen LogP contribution in [-0.4, -0.2) is 17.5 Å². The molecule has 0 unspecified atom stereocenters. The Morgan fingerprint density at radius 1 is 1.03 bits per heavy atom. The minimum Gasteiger partial charge on any atom is -0.454 e. The number of fused-ring (bicyclic) bond motifs is 3. The highest BCUT2D eigenvalue weighted by Gasteiger charge is 2.22. The van der Waals surface area contributed by atoms with E-state index >= 15 is 0 Å². The van der Waals surface area contributed by atoms with Gasteiger partial charge >= 0.3 is 0 Å². The van der Waals surface area contributed by atoms with Crippen molar-refractivity contribution in [3.63, 3.8) is 0 Å². The zero-order valence-corrected chi connectivity index (χ0v) is 16.3. The predicted octanol–water partition coefficient (Wildman–Crippen LogP) is 5.43. The van der Waals surface area contributed by atoms with E-state index in [1.807, 2.05) is 30.3 Å². The second-order valence-corrected chi connectivity index (χ2v) is 7.74. The standard InChI is InChI=1S/C22H14N2O5S/c25-18(7-5-13-10-19-20(29-12-28-19)11-17(13)24(26)27)14-6-8-22-16(9-14)23-15-3-1-2-4-21(15)30-22/h1-11,23H,12H2/b7-5+. The van der Waals surface area contributed by atoms with Crippen molar-refractivity contribution >= 4 is 40.7 Å². The molecule has 2 aliphatic rings. The van der Waals surface area contributed by atoms with Crippen molar-refractivity contribution in [3.05, 3.63) is 81.9 Å². The van der Waals surface area contributed by atoms with E-state index in [-0.39, 0.29) is 23.8 Å². The van der Waals surface area contributed by atoms with Crippen LogP contribution in [0.3, 0.4) is 0 Å². The molecule has 5 rings (SSSR count). The van der Waals surface area contributed by atoms with Gasteiger partial charge in [0.15, 0.2) is 17.3 Å². The molecule has 1 N–H and O–H groups in total. The van der Waals surface area contributed by atoms with E-state index in [2.05, 4.69) is 5.32 Å². The number of benzene rings is 3. The molecule has 3 aromatic carbocycles. The Morgan fingerprint density at radius 2 is 1.80 bits per heavy atom. The number of nitro groups is 1. The van der Waals surface area contributed by atoms with Gasteiger partial charge in [-0.15, -0.1) is 0 Å². The fourth-order valence-corrected chi connectivity index (χ4v) is 4.26. The Labute approximate surface area is 175 Å². The Bertz CT molecular complexity index is 1240. The first-order chi connectivity index (χ1) is 14.6. The number of para-hydroxylation sites is 1. The molecular weight excluding hydrogens is 404 g/mol. The Morgan fingerprint density at radius 3 is 2.63 bits per heavy atom. The van der Waals surface area contributed by atoms with Gasteiger partial charge in [0.05, 0.1) is 27.9 Å². The van der Waals surface area contributed by atoms with Crippen LogP contribution in [0, 0.1) is 10.1 Å². The predicted molar refractivity (Wildman–Crippen MR) is 113 cm³/mol. The second-order valence-electron chi connectivity index (χ2n) is 6.65. The number of rotatable bonds is 4. The van der Waals surface area contributed by atoms with E-state index in [4.69, 9.17) is 9.47 Å². The van der Waals surface area contributed by atoms with Gasteiger partial charge in [-0.25, -0.2) is 0 Å². The van der Waals surface area contributed by atoms with Crippen molar-refractivity contribution in [1.29, 1.82) is 0 Å². The second kappa shape index (κ2) is 7.23. The molecule has 0 aliphatic carbocycles. The van der Waals surface area contributed by atoms with Gasteiger partial charge in [-0.05, 0) is 48.6 Å². The number of carbonyl (C=O) groups is 1. The summed E-state index contributed by atoms with van der Waals surface area (Å²) in [5.74, 6) is 0.487. The highest BCUT2D eigenvalue weighted by molar-refractivity contribution is 7.99. The lowest BCUT2D eigenvalue weighted by Gasteiger charge is -2.20. The first-order valence-corrected chi connectivity index (χ1v) is 9.88. The minimum absolute atomic E-state index is 0.0157. The van der Waals surface area contributed by atoms with Crippen LogP contribution in [0.2, 0.25) is 0 Å². The number of allylic oxidation sites excluding steroid dienone is 1. The van der Waals surface area contributed by atoms with Crippen LogP contribution >= 0.6 is 11.8 Å². The Hall–Kier alpha value is -3.78. The largest absolute Gasteiger partial charge is 0.454 e. The molecular formula is C22H14N2O5S. The fourth-order valence-electron chi connectivity index (χ4n) is 3.29. The number of hydrogen-bond acceptors (Lipinski definition) is 7. The third-order valence-corrected chi connectivity index (χ3v) is 5.93. The van der Waals surface area contributed by atoms with Crippen molar-refractivity contribution in [3.8, 4) is 11.5 Å². The van der Waals surface area contributed by atoms with Gasteiger partial charge in [0.2, 0.25) is 6.79 Å². The van der Waals surface area contributed by atoms with E-state index in [0.717, 1.165) is 21.2 Å². The van der Waals surface area contributed by atoms with Crippen molar-refractivity contribution in [2.45, 2.75) is 9.79 Å². The summed E-state index contributed by atoms with van der Waals surface area (Å²) < 4.78 is 10.5. The zero-order valence-electron chi connectivity index (χ0n) is 15.5. The molecule has 7 nitrogen and oxygen atoms in total. The molecule has 0 saturated carbocycles. The maximum absolute atomic E-state index is 12.7. The topological polar surface area (TPSA) is 90.7 Å². The molecule has 0 fully saturated rings. The average molecular weight is 418 g/mol. The van der Waals surface area contributed by atoms with Crippen LogP contribution in [-0.2, 0) is 0 Å².